The Bertz CT molecular complexity index is 1570. The zero-order valence-electron chi connectivity index (χ0n) is 22.9. The minimum absolute atomic E-state index is 0.135. The molecule has 1 fully saturated rings. The van der Waals surface area contributed by atoms with Crippen molar-refractivity contribution in [2.24, 2.45) is 0 Å². The van der Waals surface area contributed by atoms with Crippen molar-refractivity contribution in [3.8, 4) is 17.1 Å². The number of benzene rings is 2. The molecule has 0 aliphatic carbocycles. The number of aromatic hydroxyl groups is 1. The van der Waals surface area contributed by atoms with E-state index in [0.717, 1.165) is 40.2 Å². The van der Waals surface area contributed by atoms with Crippen LogP contribution < -0.4 is 15.9 Å². The molecular formula is C30H33N5O5S. The molecule has 2 atom stereocenters. The van der Waals surface area contributed by atoms with Crippen molar-refractivity contribution in [2.45, 2.75) is 51.2 Å². The maximum absolute atomic E-state index is 13.7. The van der Waals surface area contributed by atoms with Gasteiger partial charge < -0.3 is 25.4 Å². The number of nitrogens with zero attached hydrogens (tertiary/aromatic N) is 3. The molecule has 0 saturated carbocycles. The second kappa shape index (κ2) is 12.1. The van der Waals surface area contributed by atoms with E-state index < -0.39 is 23.6 Å². The third-order valence-corrected chi connectivity index (χ3v) is 8.33. The normalized spacial score (nSPS) is 15.4. The van der Waals surface area contributed by atoms with Crippen molar-refractivity contribution < 1.29 is 19.8 Å². The highest BCUT2D eigenvalue weighted by atomic mass is 32.1. The number of Topliss-reactive ketones (excluding diaryl/α,β-unsaturated/α-hetero) is 1. The molecule has 0 unspecified atom stereocenters. The molecule has 4 aromatic rings. The largest absolute Gasteiger partial charge is 0.493 e. The first kappa shape index (κ1) is 28.3. The van der Waals surface area contributed by atoms with E-state index >= 15 is 0 Å². The summed E-state index contributed by atoms with van der Waals surface area (Å²) >= 11 is 1.13. The number of nitrogens with one attached hydrogen (secondary N) is 2. The van der Waals surface area contributed by atoms with Gasteiger partial charge in [-0.3, -0.25) is 9.59 Å². The molecule has 10 nitrogen and oxygen atoms in total. The standard InChI is InChI=1S/C30H33N5O5S/c1-3-24(37)23-17-41-29(31-23)33-27(38)26(18(2)19-7-5-4-6-8-19)35-28(39)25(32-30(35)40)20-9-11-21(12-10-20)34-15-13-22(36)14-16-34/h4-12,17-18,22,26,36,39H,3,13-16H2,1-2H3,(H,32,40)(H,31,33,38)/t18-,26-/m0/s1. The Morgan fingerprint density at radius 2 is 1.80 bits per heavy atom. The van der Waals surface area contributed by atoms with Crippen molar-refractivity contribution >= 4 is 33.8 Å². The lowest BCUT2D eigenvalue weighted by molar-refractivity contribution is -0.120. The molecule has 11 heteroatoms. The Kier molecular flexibility index (Phi) is 8.36. The van der Waals surface area contributed by atoms with Gasteiger partial charge in [0.05, 0.1) is 6.10 Å². The summed E-state index contributed by atoms with van der Waals surface area (Å²) in [5.41, 5.74) is 2.23. The lowest BCUT2D eigenvalue weighted by Crippen LogP contribution is -2.35. The molecule has 2 aromatic heterocycles. The number of aliphatic hydroxyl groups excluding tert-OH is 1. The monoisotopic (exact) mass is 575 g/mol. The number of hydrogen-bond donors (Lipinski definition) is 4. The van der Waals surface area contributed by atoms with Crippen molar-refractivity contribution in [2.75, 3.05) is 23.3 Å². The minimum Gasteiger partial charge on any atom is -0.493 e. The minimum atomic E-state index is -1.12. The Hall–Kier alpha value is -4.22. The molecule has 4 N–H and O–H groups in total. The first-order chi connectivity index (χ1) is 19.8. The van der Waals surface area contributed by atoms with Crippen LogP contribution in [0.5, 0.6) is 5.88 Å². The summed E-state index contributed by atoms with van der Waals surface area (Å²) in [6.45, 7) is 5.06. The first-order valence-electron chi connectivity index (χ1n) is 13.7. The van der Waals surface area contributed by atoms with E-state index in [4.69, 9.17) is 0 Å². The number of aliphatic hydroxyl groups is 1. The maximum Gasteiger partial charge on any atom is 0.329 e. The fourth-order valence-corrected chi connectivity index (χ4v) is 5.91. The number of piperidine rings is 1. The second-order valence-electron chi connectivity index (χ2n) is 10.2. The number of carbonyl (C=O) groups excluding carboxylic acids is 2. The fraction of sp³-hybridized carbons (Fsp3) is 0.333. The number of thiazole rings is 1. The number of carbonyl (C=O) groups is 2. The molecule has 1 amide bonds. The van der Waals surface area contributed by atoms with Crippen LogP contribution in [0.1, 0.15) is 61.1 Å². The quantitative estimate of drug-likeness (QED) is 0.215. The van der Waals surface area contributed by atoms with Gasteiger partial charge in [0.2, 0.25) is 11.8 Å². The SMILES string of the molecule is CCC(=O)c1csc(NC(=O)[C@H]([C@@H](C)c2ccccc2)n2c(O)c(-c3ccc(N4CCC(O)CC4)cc3)[nH]c2=O)n1. The molecule has 2 aromatic carbocycles. The van der Waals surface area contributed by atoms with Gasteiger partial charge in [-0.15, -0.1) is 11.3 Å². The van der Waals surface area contributed by atoms with E-state index in [1.165, 1.54) is 0 Å². The van der Waals surface area contributed by atoms with Crippen molar-refractivity contribution in [3.63, 3.8) is 0 Å². The topological polar surface area (TPSA) is 141 Å². The predicted octanol–water partition coefficient (Wildman–Crippen LogP) is 4.54. The Labute approximate surface area is 241 Å². The molecule has 0 radical (unpaired) electrons. The Balaban J connectivity index is 1.47. The van der Waals surface area contributed by atoms with Gasteiger partial charge in [-0.1, -0.05) is 56.3 Å². The van der Waals surface area contributed by atoms with Crippen LogP contribution in [0.25, 0.3) is 11.3 Å². The zero-order valence-corrected chi connectivity index (χ0v) is 23.7. The summed E-state index contributed by atoms with van der Waals surface area (Å²) in [7, 11) is 0. The van der Waals surface area contributed by atoms with Crippen LogP contribution in [0.4, 0.5) is 10.8 Å². The number of hydrogen-bond acceptors (Lipinski definition) is 8. The summed E-state index contributed by atoms with van der Waals surface area (Å²) in [4.78, 5) is 48.3. The molecule has 1 saturated heterocycles. The lowest BCUT2D eigenvalue weighted by atomic mass is 9.92. The third-order valence-electron chi connectivity index (χ3n) is 7.58. The maximum atomic E-state index is 13.7. The molecular weight excluding hydrogens is 542 g/mol. The van der Waals surface area contributed by atoms with Crippen molar-refractivity contribution in [3.05, 3.63) is 81.7 Å². The third kappa shape index (κ3) is 5.96. The number of aromatic amines is 1. The smallest absolute Gasteiger partial charge is 0.329 e. The van der Waals surface area contributed by atoms with Gasteiger partial charge in [0, 0.05) is 42.1 Å². The number of H-pyrrole nitrogens is 1. The van der Waals surface area contributed by atoms with Crippen LogP contribution in [0.15, 0.2) is 64.8 Å². The van der Waals surface area contributed by atoms with E-state index in [1.54, 1.807) is 12.3 Å². The fourth-order valence-electron chi connectivity index (χ4n) is 5.19. The molecule has 3 heterocycles. The van der Waals surface area contributed by atoms with Gasteiger partial charge in [0.1, 0.15) is 17.4 Å². The van der Waals surface area contributed by atoms with Crippen LogP contribution in [0, 0.1) is 0 Å². The van der Waals surface area contributed by atoms with Crippen LogP contribution in [0.2, 0.25) is 0 Å². The summed E-state index contributed by atoms with van der Waals surface area (Å²) in [6.07, 6.45) is 1.44. The summed E-state index contributed by atoms with van der Waals surface area (Å²) in [6, 6.07) is 15.6. The van der Waals surface area contributed by atoms with Crippen LogP contribution in [-0.2, 0) is 4.79 Å². The lowest BCUT2D eigenvalue weighted by Gasteiger charge is -2.31. The summed E-state index contributed by atoms with van der Waals surface area (Å²) < 4.78 is 1.08. The molecule has 1 aliphatic heterocycles. The van der Waals surface area contributed by atoms with Crippen molar-refractivity contribution in [1.29, 1.82) is 0 Å². The highest BCUT2D eigenvalue weighted by molar-refractivity contribution is 7.14. The van der Waals surface area contributed by atoms with Crippen LogP contribution >= 0.6 is 11.3 Å². The molecule has 214 valence electrons. The highest BCUT2D eigenvalue weighted by Gasteiger charge is 2.34. The number of rotatable bonds is 9. The molecule has 1 aliphatic rings. The molecule has 5 rings (SSSR count). The summed E-state index contributed by atoms with van der Waals surface area (Å²) in [5.74, 6) is -1.54. The van der Waals surface area contributed by atoms with E-state index in [0.29, 0.717) is 24.8 Å². The van der Waals surface area contributed by atoms with Gasteiger partial charge >= 0.3 is 5.69 Å². The van der Waals surface area contributed by atoms with Gasteiger partial charge in [-0.05, 0) is 30.5 Å². The molecule has 0 spiro atoms. The van der Waals surface area contributed by atoms with E-state index in [1.807, 2.05) is 61.5 Å². The molecule has 0 bridgehead atoms. The number of amides is 1. The average molecular weight is 576 g/mol. The zero-order chi connectivity index (χ0) is 29.1. The Morgan fingerprint density at radius 1 is 1.12 bits per heavy atom. The van der Waals surface area contributed by atoms with Crippen molar-refractivity contribution in [1.82, 2.24) is 14.5 Å². The average Bonchev–Trinajstić information content (AvgIpc) is 3.57. The van der Waals surface area contributed by atoms with Crippen LogP contribution in [-0.4, -0.2) is 55.6 Å². The first-order valence-corrected chi connectivity index (χ1v) is 14.6. The van der Waals surface area contributed by atoms with Gasteiger partial charge in [0.15, 0.2) is 10.9 Å². The van der Waals surface area contributed by atoms with Gasteiger partial charge in [0.25, 0.3) is 0 Å². The Morgan fingerprint density at radius 3 is 2.46 bits per heavy atom. The predicted molar refractivity (Wildman–Crippen MR) is 159 cm³/mol. The molecule has 41 heavy (non-hydrogen) atoms. The highest BCUT2D eigenvalue weighted by Crippen LogP contribution is 2.36. The van der Waals surface area contributed by atoms with Gasteiger partial charge in [-0.25, -0.2) is 14.3 Å². The number of imidazole rings is 1. The van der Waals surface area contributed by atoms with E-state index in [-0.39, 0.29) is 34.3 Å². The number of aromatic nitrogens is 3. The van der Waals surface area contributed by atoms with E-state index in [2.05, 4.69) is 20.2 Å². The summed E-state index contributed by atoms with van der Waals surface area (Å²) in [5, 5.41) is 25.7. The number of ketones is 1. The second-order valence-corrected chi connectivity index (χ2v) is 11.1. The number of anilines is 2. The van der Waals surface area contributed by atoms with Crippen LogP contribution in [0.3, 0.4) is 0 Å². The van der Waals surface area contributed by atoms with E-state index in [9.17, 15) is 24.6 Å². The van der Waals surface area contributed by atoms with Gasteiger partial charge in [-0.2, -0.15) is 0 Å².